The number of rotatable bonds is 3. The maximum absolute atomic E-state index is 10.9. The lowest BCUT2D eigenvalue weighted by Gasteiger charge is -2.17. The lowest BCUT2D eigenvalue weighted by atomic mass is 9.88. The molecule has 1 rings (SSSR count). The molecule has 1 fully saturated rings. The number of carbonyl (C=O) groups is 1. The molecule has 1 aliphatic carbocycles. The van der Waals surface area contributed by atoms with Gasteiger partial charge in [-0.2, -0.15) is 0 Å². The summed E-state index contributed by atoms with van der Waals surface area (Å²) in [5, 5.41) is 0. The van der Waals surface area contributed by atoms with Gasteiger partial charge in [0.15, 0.2) is 0 Å². The molecule has 0 bridgehead atoms. The Bertz CT molecular complexity index is 138. The average Bonchev–Trinajstić information content (AvgIpc) is 2.40. The lowest BCUT2D eigenvalue weighted by Crippen LogP contribution is -2.28. The molecule has 2 N–H and O–H groups in total. The van der Waals surface area contributed by atoms with E-state index in [0.29, 0.717) is 5.92 Å². The van der Waals surface area contributed by atoms with Crippen LogP contribution in [0.3, 0.4) is 0 Å². The molecule has 0 aliphatic heterocycles. The van der Waals surface area contributed by atoms with Gasteiger partial charge in [0.2, 0.25) is 5.91 Å². The smallest absolute Gasteiger partial charge is 0.220 e. The van der Waals surface area contributed by atoms with Crippen LogP contribution in [0, 0.1) is 11.8 Å². The zero-order valence-corrected chi connectivity index (χ0v) is 7.18. The van der Waals surface area contributed by atoms with Gasteiger partial charge in [0.1, 0.15) is 0 Å². The van der Waals surface area contributed by atoms with Crippen LogP contribution in [-0.4, -0.2) is 5.91 Å². The standard InChI is InChI=1S/C9H17NO/c1-2-8(9(10)11)7-5-3-4-6-7/h7-8H,2-6H2,1H3,(H2,10,11). The Morgan fingerprint density at radius 1 is 1.55 bits per heavy atom. The van der Waals surface area contributed by atoms with Crippen molar-refractivity contribution < 1.29 is 4.79 Å². The topological polar surface area (TPSA) is 43.1 Å². The van der Waals surface area contributed by atoms with Gasteiger partial charge in [-0.05, 0) is 25.2 Å². The van der Waals surface area contributed by atoms with Gasteiger partial charge in [0.05, 0.1) is 0 Å². The molecule has 0 aromatic carbocycles. The van der Waals surface area contributed by atoms with Gasteiger partial charge in [-0.3, -0.25) is 4.79 Å². The average molecular weight is 155 g/mol. The Balaban J connectivity index is 2.46. The number of hydrogen-bond donors (Lipinski definition) is 1. The van der Waals surface area contributed by atoms with Crippen molar-refractivity contribution in [2.24, 2.45) is 17.6 Å². The largest absolute Gasteiger partial charge is 0.369 e. The highest BCUT2D eigenvalue weighted by Crippen LogP contribution is 2.32. The maximum atomic E-state index is 10.9. The van der Waals surface area contributed by atoms with E-state index >= 15 is 0 Å². The summed E-state index contributed by atoms with van der Waals surface area (Å²) in [6, 6.07) is 0. The van der Waals surface area contributed by atoms with Crippen LogP contribution >= 0.6 is 0 Å². The number of carbonyl (C=O) groups excluding carboxylic acids is 1. The van der Waals surface area contributed by atoms with Crippen LogP contribution in [0.25, 0.3) is 0 Å². The normalized spacial score (nSPS) is 21.9. The Labute approximate surface area is 68.2 Å². The summed E-state index contributed by atoms with van der Waals surface area (Å²) < 4.78 is 0. The minimum atomic E-state index is -0.0978. The third-order valence-electron chi connectivity index (χ3n) is 2.77. The Hall–Kier alpha value is -0.530. The molecule has 0 heterocycles. The highest BCUT2D eigenvalue weighted by atomic mass is 16.1. The van der Waals surface area contributed by atoms with Crippen molar-refractivity contribution in [1.29, 1.82) is 0 Å². The molecular weight excluding hydrogens is 138 g/mol. The van der Waals surface area contributed by atoms with Gasteiger partial charge in [0.25, 0.3) is 0 Å². The SMILES string of the molecule is CCC(C(N)=O)C1CCCC1. The van der Waals surface area contributed by atoms with Crippen LogP contribution in [0.5, 0.6) is 0 Å². The first kappa shape index (κ1) is 8.57. The fourth-order valence-corrected chi connectivity index (χ4v) is 2.13. The van der Waals surface area contributed by atoms with Crippen molar-refractivity contribution in [2.75, 3.05) is 0 Å². The van der Waals surface area contributed by atoms with E-state index in [-0.39, 0.29) is 11.8 Å². The van der Waals surface area contributed by atoms with Crippen LogP contribution in [0.1, 0.15) is 39.0 Å². The molecule has 0 aromatic rings. The summed E-state index contributed by atoms with van der Waals surface area (Å²) in [6.45, 7) is 2.05. The summed E-state index contributed by atoms with van der Waals surface area (Å²) in [6.07, 6.45) is 5.91. The summed E-state index contributed by atoms with van der Waals surface area (Å²) in [7, 11) is 0. The van der Waals surface area contributed by atoms with Crippen molar-refractivity contribution >= 4 is 5.91 Å². The van der Waals surface area contributed by atoms with Crippen LogP contribution < -0.4 is 5.73 Å². The number of hydrogen-bond acceptors (Lipinski definition) is 1. The first-order chi connectivity index (χ1) is 5.25. The molecule has 11 heavy (non-hydrogen) atoms. The first-order valence-electron chi connectivity index (χ1n) is 4.55. The predicted molar refractivity (Wildman–Crippen MR) is 44.9 cm³/mol. The van der Waals surface area contributed by atoms with Crippen LogP contribution in [0.2, 0.25) is 0 Å². The molecular formula is C9H17NO. The molecule has 0 aromatic heterocycles. The van der Waals surface area contributed by atoms with Crippen LogP contribution in [0.15, 0.2) is 0 Å². The highest BCUT2D eigenvalue weighted by molar-refractivity contribution is 5.76. The first-order valence-corrected chi connectivity index (χ1v) is 4.55. The lowest BCUT2D eigenvalue weighted by molar-refractivity contribution is -0.123. The molecule has 0 radical (unpaired) electrons. The Morgan fingerprint density at radius 3 is 2.45 bits per heavy atom. The van der Waals surface area contributed by atoms with Crippen molar-refractivity contribution in [2.45, 2.75) is 39.0 Å². The number of amides is 1. The summed E-state index contributed by atoms with van der Waals surface area (Å²) in [4.78, 5) is 10.9. The second kappa shape index (κ2) is 3.74. The molecule has 1 amide bonds. The summed E-state index contributed by atoms with van der Waals surface area (Å²) in [5.74, 6) is 0.648. The number of nitrogens with two attached hydrogens (primary N) is 1. The van der Waals surface area contributed by atoms with Crippen molar-refractivity contribution in [1.82, 2.24) is 0 Å². The zero-order chi connectivity index (χ0) is 8.27. The fraction of sp³-hybridized carbons (Fsp3) is 0.889. The Kier molecular flexibility index (Phi) is 2.92. The zero-order valence-electron chi connectivity index (χ0n) is 7.18. The third-order valence-corrected chi connectivity index (χ3v) is 2.77. The Morgan fingerprint density at radius 2 is 2.09 bits per heavy atom. The molecule has 1 aliphatic rings. The van der Waals surface area contributed by atoms with Gasteiger partial charge in [-0.15, -0.1) is 0 Å². The van der Waals surface area contributed by atoms with Crippen LogP contribution in [-0.2, 0) is 4.79 Å². The molecule has 1 atom stereocenters. The monoisotopic (exact) mass is 155 g/mol. The van der Waals surface area contributed by atoms with Gasteiger partial charge >= 0.3 is 0 Å². The molecule has 2 heteroatoms. The third kappa shape index (κ3) is 1.95. The molecule has 0 saturated heterocycles. The number of primary amides is 1. The van der Waals surface area contributed by atoms with E-state index < -0.39 is 0 Å². The second-order valence-electron chi connectivity index (χ2n) is 3.46. The summed E-state index contributed by atoms with van der Waals surface area (Å²) >= 11 is 0. The van der Waals surface area contributed by atoms with E-state index in [2.05, 4.69) is 0 Å². The van der Waals surface area contributed by atoms with E-state index in [1.807, 2.05) is 6.92 Å². The molecule has 1 unspecified atom stereocenters. The minimum Gasteiger partial charge on any atom is -0.369 e. The fourth-order valence-electron chi connectivity index (χ4n) is 2.13. The van der Waals surface area contributed by atoms with Gasteiger partial charge in [-0.1, -0.05) is 19.8 Å². The molecule has 1 saturated carbocycles. The van der Waals surface area contributed by atoms with Gasteiger partial charge in [0, 0.05) is 5.92 Å². The van der Waals surface area contributed by atoms with E-state index in [1.165, 1.54) is 25.7 Å². The van der Waals surface area contributed by atoms with Gasteiger partial charge in [-0.25, -0.2) is 0 Å². The van der Waals surface area contributed by atoms with E-state index in [0.717, 1.165) is 6.42 Å². The highest BCUT2D eigenvalue weighted by Gasteiger charge is 2.27. The van der Waals surface area contributed by atoms with E-state index in [9.17, 15) is 4.79 Å². The molecule has 64 valence electrons. The van der Waals surface area contributed by atoms with Crippen molar-refractivity contribution in [3.8, 4) is 0 Å². The molecule has 2 nitrogen and oxygen atoms in total. The summed E-state index contributed by atoms with van der Waals surface area (Å²) in [5.41, 5.74) is 5.29. The van der Waals surface area contributed by atoms with Gasteiger partial charge < -0.3 is 5.73 Å². The van der Waals surface area contributed by atoms with Crippen molar-refractivity contribution in [3.05, 3.63) is 0 Å². The second-order valence-corrected chi connectivity index (χ2v) is 3.46. The minimum absolute atomic E-state index is 0.0978. The van der Waals surface area contributed by atoms with Crippen LogP contribution in [0.4, 0.5) is 0 Å². The maximum Gasteiger partial charge on any atom is 0.220 e. The van der Waals surface area contributed by atoms with Crippen molar-refractivity contribution in [3.63, 3.8) is 0 Å². The predicted octanol–water partition coefficient (Wildman–Crippen LogP) is 1.69. The van der Waals surface area contributed by atoms with E-state index in [4.69, 9.17) is 5.73 Å². The quantitative estimate of drug-likeness (QED) is 0.662. The molecule has 0 spiro atoms. The van der Waals surface area contributed by atoms with E-state index in [1.54, 1.807) is 0 Å².